The quantitative estimate of drug-likeness (QED) is 0.725. The normalized spacial score (nSPS) is 20.8. The summed E-state index contributed by atoms with van der Waals surface area (Å²) in [4.78, 5) is 0. The van der Waals surface area contributed by atoms with Gasteiger partial charge in [0.25, 0.3) is 0 Å². The van der Waals surface area contributed by atoms with Crippen LogP contribution in [0.15, 0.2) is 0 Å². The Morgan fingerprint density at radius 3 is 2.27 bits per heavy atom. The summed E-state index contributed by atoms with van der Waals surface area (Å²) in [6, 6.07) is 0.757. The fraction of sp³-hybridized carbons (Fsp3) is 1.00. The van der Waals surface area contributed by atoms with Gasteiger partial charge in [0, 0.05) is 6.04 Å². The Hall–Kier alpha value is -0.0400. The first-order valence-electron chi connectivity index (χ1n) is 6.68. The van der Waals surface area contributed by atoms with Gasteiger partial charge in [-0.05, 0) is 37.6 Å². The van der Waals surface area contributed by atoms with Crippen LogP contribution in [0.3, 0.4) is 0 Å². The molecule has 0 aromatic heterocycles. The van der Waals surface area contributed by atoms with Gasteiger partial charge in [0.2, 0.25) is 0 Å². The van der Waals surface area contributed by atoms with E-state index >= 15 is 0 Å². The molecule has 0 radical (unpaired) electrons. The van der Waals surface area contributed by atoms with Crippen molar-refractivity contribution in [1.82, 2.24) is 5.32 Å². The van der Waals surface area contributed by atoms with Crippen molar-refractivity contribution in [1.29, 1.82) is 0 Å². The minimum atomic E-state index is 0.491. The molecule has 1 nitrogen and oxygen atoms in total. The summed E-state index contributed by atoms with van der Waals surface area (Å²) in [6.07, 6.45) is 10.00. The van der Waals surface area contributed by atoms with Crippen LogP contribution < -0.4 is 5.32 Å². The first-order chi connectivity index (χ1) is 7.01. The zero-order valence-corrected chi connectivity index (χ0v) is 11.1. The molecular formula is C14H29N. The summed E-state index contributed by atoms with van der Waals surface area (Å²) in [5.74, 6) is 1.02. The molecule has 1 aliphatic rings. The predicted molar refractivity (Wildman–Crippen MR) is 68.1 cm³/mol. The lowest BCUT2D eigenvalue weighted by molar-refractivity contribution is 0.308. The van der Waals surface area contributed by atoms with Gasteiger partial charge in [-0.3, -0.25) is 0 Å². The van der Waals surface area contributed by atoms with Crippen LogP contribution in [0.1, 0.15) is 65.7 Å². The Morgan fingerprint density at radius 1 is 1.20 bits per heavy atom. The van der Waals surface area contributed by atoms with E-state index in [1.54, 1.807) is 0 Å². The summed E-state index contributed by atoms with van der Waals surface area (Å²) in [5.41, 5.74) is 0.491. The third-order valence-electron chi connectivity index (χ3n) is 3.74. The molecule has 0 bridgehead atoms. The van der Waals surface area contributed by atoms with E-state index < -0.39 is 0 Å². The molecule has 1 unspecified atom stereocenters. The molecule has 1 N–H and O–H groups in total. The lowest BCUT2D eigenvalue weighted by atomic mass is 9.86. The van der Waals surface area contributed by atoms with E-state index in [0.717, 1.165) is 12.0 Å². The molecule has 0 heterocycles. The monoisotopic (exact) mass is 211 g/mol. The molecule has 15 heavy (non-hydrogen) atoms. The Balaban J connectivity index is 2.22. The molecular weight excluding hydrogens is 182 g/mol. The topological polar surface area (TPSA) is 12.0 Å². The van der Waals surface area contributed by atoms with E-state index in [4.69, 9.17) is 0 Å². The second kappa shape index (κ2) is 5.89. The Bertz CT molecular complexity index is 163. The molecule has 1 heteroatoms. The highest BCUT2D eigenvalue weighted by atomic mass is 14.9. The van der Waals surface area contributed by atoms with Gasteiger partial charge in [-0.1, -0.05) is 46.5 Å². The Kier molecular flexibility index (Phi) is 5.11. The van der Waals surface area contributed by atoms with E-state index in [2.05, 4.69) is 33.1 Å². The van der Waals surface area contributed by atoms with Crippen LogP contribution in [0, 0.1) is 11.3 Å². The molecule has 0 amide bonds. The zero-order chi connectivity index (χ0) is 11.3. The molecule has 1 aliphatic carbocycles. The average Bonchev–Trinajstić information content (AvgIpc) is 2.63. The molecule has 90 valence electrons. The van der Waals surface area contributed by atoms with Crippen LogP contribution >= 0.6 is 0 Å². The Morgan fingerprint density at radius 2 is 1.80 bits per heavy atom. The second-order valence-corrected chi connectivity index (χ2v) is 6.47. The lowest BCUT2D eigenvalue weighted by Gasteiger charge is -2.24. The summed E-state index contributed by atoms with van der Waals surface area (Å²) in [5, 5.41) is 3.50. The highest BCUT2D eigenvalue weighted by molar-refractivity contribution is 4.76. The van der Waals surface area contributed by atoms with Crippen LogP contribution in [0.5, 0.6) is 0 Å². The molecule has 0 aromatic rings. The molecule has 1 fully saturated rings. The summed E-state index contributed by atoms with van der Waals surface area (Å²) >= 11 is 0. The van der Waals surface area contributed by atoms with Gasteiger partial charge in [0.05, 0.1) is 0 Å². The second-order valence-electron chi connectivity index (χ2n) is 6.47. The fourth-order valence-corrected chi connectivity index (χ4v) is 2.64. The van der Waals surface area contributed by atoms with Gasteiger partial charge in [0.1, 0.15) is 0 Å². The van der Waals surface area contributed by atoms with Gasteiger partial charge in [-0.15, -0.1) is 0 Å². The van der Waals surface area contributed by atoms with Gasteiger partial charge in [0.15, 0.2) is 0 Å². The maximum atomic E-state index is 3.50. The molecule has 0 saturated heterocycles. The lowest BCUT2D eigenvalue weighted by Crippen LogP contribution is -2.28. The van der Waals surface area contributed by atoms with E-state index in [1.165, 1.54) is 44.9 Å². The van der Waals surface area contributed by atoms with Crippen LogP contribution in [0.2, 0.25) is 0 Å². The molecule has 1 rings (SSSR count). The van der Waals surface area contributed by atoms with Crippen molar-refractivity contribution in [2.75, 3.05) is 7.05 Å². The molecule has 0 aliphatic heterocycles. The van der Waals surface area contributed by atoms with Crippen molar-refractivity contribution in [2.24, 2.45) is 11.3 Å². The molecule has 1 atom stereocenters. The average molecular weight is 211 g/mol. The minimum absolute atomic E-state index is 0.491. The van der Waals surface area contributed by atoms with Gasteiger partial charge in [-0.25, -0.2) is 0 Å². The standard InChI is InChI=1S/C14H29N/c1-14(2,3)10-9-13(15-4)11-12-7-5-6-8-12/h12-13,15H,5-11H2,1-4H3. The van der Waals surface area contributed by atoms with E-state index in [-0.39, 0.29) is 0 Å². The maximum Gasteiger partial charge on any atom is 0.00669 e. The van der Waals surface area contributed by atoms with Crippen molar-refractivity contribution in [3.8, 4) is 0 Å². The number of hydrogen-bond acceptors (Lipinski definition) is 1. The van der Waals surface area contributed by atoms with Gasteiger partial charge in [-0.2, -0.15) is 0 Å². The Labute approximate surface area is 96.0 Å². The van der Waals surface area contributed by atoms with E-state index in [1.807, 2.05) is 0 Å². The van der Waals surface area contributed by atoms with Crippen LogP contribution in [-0.4, -0.2) is 13.1 Å². The molecule has 0 spiro atoms. The van der Waals surface area contributed by atoms with Crippen molar-refractivity contribution in [3.05, 3.63) is 0 Å². The van der Waals surface area contributed by atoms with E-state index in [0.29, 0.717) is 5.41 Å². The van der Waals surface area contributed by atoms with Crippen molar-refractivity contribution < 1.29 is 0 Å². The highest BCUT2D eigenvalue weighted by Crippen LogP contribution is 2.30. The summed E-state index contributed by atoms with van der Waals surface area (Å²) in [6.45, 7) is 7.03. The number of nitrogens with one attached hydrogen (secondary N) is 1. The minimum Gasteiger partial charge on any atom is -0.317 e. The first-order valence-corrected chi connectivity index (χ1v) is 6.68. The van der Waals surface area contributed by atoms with E-state index in [9.17, 15) is 0 Å². The third-order valence-corrected chi connectivity index (χ3v) is 3.74. The van der Waals surface area contributed by atoms with Crippen molar-refractivity contribution in [3.63, 3.8) is 0 Å². The SMILES string of the molecule is CNC(CCC(C)(C)C)CC1CCCC1. The van der Waals surface area contributed by atoms with Crippen LogP contribution in [0.25, 0.3) is 0 Å². The van der Waals surface area contributed by atoms with Gasteiger partial charge < -0.3 is 5.32 Å². The van der Waals surface area contributed by atoms with Gasteiger partial charge >= 0.3 is 0 Å². The zero-order valence-electron chi connectivity index (χ0n) is 11.1. The van der Waals surface area contributed by atoms with Crippen molar-refractivity contribution >= 4 is 0 Å². The fourth-order valence-electron chi connectivity index (χ4n) is 2.64. The van der Waals surface area contributed by atoms with Crippen LogP contribution in [-0.2, 0) is 0 Å². The smallest absolute Gasteiger partial charge is 0.00669 e. The predicted octanol–water partition coefficient (Wildman–Crippen LogP) is 3.98. The highest BCUT2D eigenvalue weighted by Gasteiger charge is 2.20. The number of hydrogen-bond donors (Lipinski definition) is 1. The van der Waals surface area contributed by atoms with Crippen molar-refractivity contribution in [2.45, 2.75) is 71.8 Å². The molecule has 0 aromatic carbocycles. The number of rotatable bonds is 5. The van der Waals surface area contributed by atoms with Crippen LogP contribution in [0.4, 0.5) is 0 Å². The summed E-state index contributed by atoms with van der Waals surface area (Å²) < 4.78 is 0. The third kappa shape index (κ3) is 5.55. The summed E-state index contributed by atoms with van der Waals surface area (Å²) in [7, 11) is 2.13. The largest absolute Gasteiger partial charge is 0.317 e. The maximum absolute atomic E-state index is 3.50. The first kappa shape index (κ1) is 13.0. The molecule has 1 saturated carbocycles.